The zero-order valence-corrected chi connectivity index (χ0v) is 8.27. The number of ether oxygens (including phenoxy) is 1. The summed E-state index contributed by atoms with van der Waals surface area (Å²) in [5, 5.41) is 9.33. The minimum absolute atomic E-state index is 0.0920. The fourth-order valence-corrected chi connectivity index (χ4v) is 0.607. The maximum Gasteiger partial charge on any atom is 0.0613 e. The van der Waals surface area contributed by atoms with Crippen LogP contribution in [0.3, 0.4) is 0 Å². The summed E-state index contributed by atoms with van der Waals surface area (Å²) in [7, 11) is 0. The highest BCUT2D eigenvalue weighted by atomic mass is 16.5. The van der Waals surface area contributed by atoms with Gasteiger partial charge in [0.15, 0.2) is 0 Å². The number of aliphatic hydroxyl groups is 1. The SMILES string of the molecule is CC(C)(O)CCOC(C)(C)C. The molecule has 1 N–H and O–H groups in total. The number of rotatable bonds is 3. The number of hydrogen-bond donors (Lipinski definition) is 1. The first kappa shape index (κ1) is 10.9. The van der Waals surface area contributed by atoms with E-state index in [1.807, 2.05) is 20.8 Å². The van der Waals surface area contributed by atoms with Crippen LogP contribution in [0.5, 0.6) is 0 Å². The molecule has 0 fully saturated rings. The Bertz CT molecular complexity index is 91.7. The summed E-state index contributed by atoms with van der Waals surface area (Å²) < 4.78 is 5.45. The molecule has 0 aliphatic heterocycles. The third kappa shape index (κ3) is 9.92. The van der Waals surface area contributed by atoms with Crippen molar-refractivity contribution in [2.75, 3.05) is 6.61 Å². The van der Waals surface area contributed by atoms with Crippen molar-refractivity contribution >= 4 is 0 Å². The average Bonchev–Trinajstić information content (AvgIpc) is 1.55. The van der Waals surface area contributed by atoms with E-state index in [1.54, 1.807) is 13.8 Å². The Balaban J connectivity index is 3.44. The molecule has 0 saturated heterocycles. The lowest BCUT2D eigenvalue weighted by Gasteiger charge is -2.23. The van der Waals surface area contributed by atoms with Gasteiger partial charge in [-0.05, 0) is 41.0 Å². The average molecular weight is 160 g/mol. The maximum atomic E-state index is 9.33. The zero-order chi connectivity index (χ0) is 9.12. The van der Waals surface area contributed by atoms with Crippen molar-refractivity contribution in [2.45, 2.75) is 52.2 Å². The molecule has 0 aliphatic carbocycles. The maximum absolute atomic E-state index is 9.33. The minimum Gasteiger partial charge on any atom is -0.390 e. The van der Waals surface area contributed by atoms with E-state index in [0.717, 1.165) is 0 Å². The van der Waals surface area contributed by atoms with E-state index in [-0.39, 0.29) is 5.60 Å². The summed E-state index contributed by atoms with van der Waals surface area (Å²) in [4.78, 5) is 0. The van der Waals surface area contributed by atoms with Gasteiger partial charge in [0.25, 0.3) is 0 Å². The van der Waals surface area contributed by atoms with Gasteiger partial charge in [0.1, 0.15) is 0 Å². The van der Waals surface area contributed by atoms with E-state index in [1.165, 1.54) is 0 Å². The molecule has 11 heavy (non-hydrogen) atoms. The van der Waals surface area contributed by atoms with Crippen LogP contribution < -0.4 is 0 Å². The van der Waals surface area contributed by atoms with Gasteiger partial charge < -0.3 is 9.84 Å². The van der Waals surface area contributed by atoms with Gasteiger partial charge in [0.05, 0.1) is 11.2 Å². The van der Waals surface area contributed by atoms with Gasteiger partial charge >= 0.3 is 0 Å². The van der Waals surface area contributed by atoms with Crippen LogP contribution >= 0.6 is 0 Å². The monoisotopic (exact) mass is 160 g/mol. The van der Waals surface area contributed by atoms with Gasteiger partial charge in [0.2, 0.25) is 0 Å². The molecule has 0 rings (SSSR count). The molecule has 0 aliphatic rings. The summed E-state index contributed by atoms with van der Waals surface area (Å²) in [6, 6.07) is 0. The van der Waals surface area contributed by atoms with Crippen LogP contribution in [0.1, 0.15) is 41.0 Å². The molecule has 68 valence electrons. The quantitative estimate of drug-likeness (QED) is 0.684. The van der Waals surface area contributed by atoms with E-state index in [4.69, 9.17) is 4.74 Å². The predicted molar refractivity (Wildman–Crippen MR) is 46.6 cm³/mol. The molecule has 0 aromatic rings. The van der Waals surface area contributed by atoms with Crippen molar-refractivity contribution < 1.29 is 9.84 Å². The van der Waals surface area contributed by atoms with Gasteiger partial charge in [0, 0.05) is 6.61 Å². The lowest BCUT2D eigenvalue weighted by atomic mass is 10.1. The first-order chi connectivity index (χ1) is 4.71. The van der Waals surface area contributed by atoms with Gasteiger partial charge in [-0.25, -0.2) is 0 Å². The summed E-state index contributed by atoms with van der Waals surface area (Å²) in [5.41, 5.74) is -0.698. The van der Waals surface area contributed by atoms with Crippen LogP contribution in [-0.2, 0) is 4.74 Å². The van der Waals surface area contributed by atoms with E-state index >= 15 is 0 Å². The van der Waals surface area contributed by atoms with Crippen molar-refractivity contribution in [2.24, 2.45) is 0 Å². The highest BCUT2D eigenvalue weighted by Gasteiger charge is 2.15. The van der Waals surface area contributed by atoms with Crippen LogP contribution in [0, 0.1) is 0 Å². The second kappa shape index (κ2) is 3.55. The first-order valence-electron chi connectivity index (χ1n) is 4.07. The lowest BCUT2D eigenvalue weighted by Crippen LogP contribution is -2.26. The van der Waals surface area contributed by atoms with Crippen molar-refractivity contribution in [3.63, 3.8) is 0 Å². The Hall–Kier alpha value is -0.0800. The predicted octanol–water partition coefficient (Wildman–Crippen LogP) is 1.96. The van der Waals surface area contributed by atoms with Crippen LogP contribution in [0.15, 0.2) is 0 Å². The molecule has 0 atom stereocenters. The standard InChI is InChI=1S/C9H20O2/c1-8(2,3)11-7-6-9(4,5)10/h10H,6-7H2,1-5H3. The first-order valence-corrected chi connectivity index (χ1v) is 4.07. The molecule has 0 radical (unpaired) electrons. The molecule has 0 bridgehead atoms. The topological polar surface area (TPSA) is 29.5 Å². The van der Waals surface area contributed by atoms with Crippen LogP contribution in [0.2, 0.25) is 0 Å². The molecule has 0 heterocycles. The molecule has 0 amide bonds. The molecule has 0 aromatic carbocycles. The third-order valence-electron chi connectivity index (χ3n) is 1.25. The smallest absolute Gasteiger partial charge is 0.0613 e. The second-order valence-electron chi connectivity index (χ2n) is 4.52. The molecular formula is C9H20O2. The summed E-state index contributed by atoms with van der Waals surface area (Å²) in [6.07, 6.45) is 0.685. The molecule has 0 unspecified atom stereocenters. The Kier molecular flexibility index (Phi) is 3.52. The molecule has 2 heteroatoms. The molecule has 0 saturated carbocycles. The second-order valence-corrected chi connectivity index (χ2v) is 4.52. The Labute approximate surface area is 69.6 Å². The molecule has 0 aromatic heterocycles. The van der Waals surface area contributed by atoms with E-state index in [9.17, 15) is 5.11 Å². The Morgan fingerprint density at radius 2 is 1.55 bits per heavy atom. The fraction of sp³-hybridized carbons (Fsp3) is 1.00. The third-order valence-corrected chi connectivity index (χ3v) is 1.25. The fourth-order valence-electron chi connectivity index (χ4n) is 0.607. The normalized spacial score (nSPS) is 13.6. The Morgan fingerprint density at radius 1 is 1.09 bits per heavy atom. The van der Waals surface area contributed by atoms with Gasteiger partial charge in [-0.3, -0.25) is 0 Å². The van der Waals surface area contributed by atoms with Crippen molar-refractivity contribution in [1.29, 1.82) is 0 Å². The van der Waals surface area contributed by atoms with E-state index < -0.39 is 5.60 Å². The highest BCUT2D eigenvalue weighted by Crippen LogP contribution is 2.12. The van der Waals surface area contributed by atoms with Crippen molar-refractivity contribution in [3.05, 3.63) is 0 Å². The van der Waals surface area contributed by atoms with Gasteiger partial charge in [-0.15, -0.1) is 0 Å². The van der Waals surface area contributed by atoms with Crippen molar-refractivity contribution in [3.8, 4) is 0 Å². The van der Waals surface area contributed by atoms with Gasteiger partial charge in [-0.2, -0.15) is 0 Å². The van der Waals surface area contributed by atoms with Crippen LogP contribution in [-0.4, -0.2) is 22.9 Å². The lowest BCUT2D eigenvalue weighted by molar-refractivity contribution is -0.0355. The number of hydrogen-bond acceptors (Lipinski definition) is 2. The largest absolute Gasteiger partial charge is 0.390 e. The summed E-state index contributed by atoms with van der Waals surface area (Å²) in [6.45, 7) is 10.2. The van der Waals surface area contributed by atoms with Crippen LogP contribution in [0.4, 0.5) is 0 Å². The van der Waals surface area contributed by atoms with Crippen molar-refractivity contribution in [1.82, 2.24) is 0 Å². The van der Waals surface area contributed by atoms with E-state index in [2.05, 4.69) is 0 Å². The zero-order valence-electron chi connectivity index (χ0n) is 8.27. The Morgan fingerprint density at radius 3 is 1.82 bits per heavy atom. The van der Waals surface area contributed by atoms with E-state index in [0.29, 0.717) is 13.0 Å². The van der Waals surface area contributed by atoms with Crippen LogP contribution in [0.25, 0.3) is 0 Å². The molecular weight excluding hydrogens is 140 g/mol. The minimum atomic E-state index is -0.606. The summed E-state index contributed by atoms with van der Waals surface area (Å²) in [5.74, 6) is 0. The molecule has 2 nitrogen and oxygen atoms in total. The van der Waals surface area contributed by atoms with Gasteiger partial charge in [-0.1, -0.05) is 0 Å². The summed E-state index contributed by atoms with van der Waals surface area (Å²) >= 11 is 0. The molecule has 0 spiro atoms. The highest BCUT2D eigenvalue weighted by molar-refractivity contribution is 4.66.